The molecule has 1 amide bonds. The molecule has 0 saturated heterocycles. The Morgan fingerprint density at radius 3 is 2.58 bits per heavy atom. The van der Waals surface area contributed by atoms with E-state index in [-0.39, 0.29) is 0 Å². The molecule has 0 radical (unpaired) electrons. The number of anilines is 1. The molecule has 98 valence electrons. The third-order valence-electron chi connectivity index (χ3n) is 2.20. The number of aromatic nitrogens is 1. The molecule has 2 N–H and O–H groups in total. The molecule has 0 atom stereocenters. The van der Waals surface area contributed by atoms with Gasteiger partial charge in [0.05, 0.1) is 11.9 Å². The second kappa shape index (κ2) is 6.17. The monoisotopic (exact) mass is 278 g/mol. The average molecular weight is 279 g/mol. The number of rotatable bonds is 4. The van der Waals surface area contributed by atoms with Crippen LogP contribution in [0.5, 0.6) is 11.6 Å². The predicted molar refractivity (Wildman–Crippen MR) is 71.5 cm³/mol. The highest BCUT2D eigenvalue weighted by atomic mass is 35.5. The summed E-state index contributed by atoms with van der Waals surface area (Å²) in [7, 11) is 0. The van der Waals surface area contributed by atoms with Crippen LogP contribution >= 0.6 is 11.6 Å². The van der Waals surface area contributed by atoms with E-state index in [1.165, 1.54) is 6.20 Å². The van der Waals surface area contributed by atoms with Gasteiger partial charge in [-0.25, -0.2) is 4.98 Å². The normalized spacial score (nSPS) is 10.0. The molecule has 6 heteroatoms. The average Bonchev–Trinajstić information content (AvgIpc) is 2.43. The first kappa shape index (κ1) is 13.3. The number of ether oxygens (including phenoxy) is 1. The van der Waals surface area contributed by atoms with Gasteiger partial charge in [0, 0.05) is 11.1 Å². The zero-order valence-electron chi connectivity index (χ0n) is 9.84. The molecule has 1 aromatic heterocycles. The summed E-state index contributed by atoms with van der Waals surface area (Å²) >= 11 is 5.77. The molecule has 1 heterocycles. The minimum Gasteiger partial charge on any atom is -0.439 e. The van der Waals surface area contributed by atoms with Gasteiger partial charge in [-0.2, -0.15) is 0 Å². The summed E-state index contributed by atoms with van der Waals surface area (Å²) < 4.78 is 5.49. The fraction of sp³-hybridized carbons (Fsp3) is 0.0769. The number of nitrogens with zero attached hydrogens (tertiary/aromatic N) is 1. The van der Waals surface area contributed by atoms with Crippen LogP contribution in [0.3, 0.4) is 0 Å². The number of amides is 1. The van der Waals surface area contributed by atoms with Crippen molar-refractivity contribution in [2.45, 2.75) is 0 Å². The zero-order valence-corrected chi connectivity index (χ0v) is 10.6. The van der Waals surface area contributed by atoms with Gasteiger partial charge in [0.15, 0.2) is 0 Å². The summed E-state index contributed by atoms with van der Waals surface area (Å²) in [5.74, 6) is 0.515. The summed E-state index contributed by atoms with van der Waals surface area (Å²) in [6.45, 7) is -0.566. The molecular formula is C13H11ClN2O3. The molecule has 2 rings (SSSR count). The first-order valence-electron chi connectivity index (χ1n) is 5.47. The van der Waals surface area contributed by atoms with Gasteiger partial charge in [-0.05, 0) is 30.3 Å². The first-order chi connectivity index (χ1) is 9.17. The van der Waals surface area contributed by atoms with Crippen molar-refractivity contribution in [2.24, 2.45) is 0 Å². The highest BCUT2D eigenvalue weighted by molar-refractivity contribution is 6.30. The van der Waals surface area contributed by atoms with Gasteiger partial charge in [0.1, 0.15) is 12.4 Å². The van der Waals surface area contributed by atoms with E-state index in [1.807, 2.05) is 0 Å². The number of benzene rings is 1. The third-order valence-corrected chi connectivity index (χ3v) is 2.45. The van der Waals surface area contributed by atoms with E-state index in [4.69, 9.17) is 21.4 Å². The topological polar surface area (TPSA) is 71.5 Å². The number of pyridine rings is 1. The molecule has 0 aliphatic carbocycles. The Morgan fingerprint density at radius 2 is 2.00 bits per heavy atom. The van der Waals surface area contributed by atoms with Crippen molar-refractivity contribution >= 4 is 23.2 Å². The Kier molecular flexibility index (Phi) is 4.33. The van der Waals surface area contributed by atoms with Gasteiger partial charge in [0.2, 0.25) is 11.8 Å². The van der Waals surface area contributed by atoms with Gasteiger partial charge in [-0.3, -0.25) is 4.79 Å². The van der Waals surface area contributed by atoms with E-state index in [9.17, 15) is 4.79 Å². The van der Waals surface area contributed by atoms with Crippen molar-refractivity contribution in [2.75, 3.05) is 11.9 Å². The maximum atomic E-state index is 11.0. The van der Waals surface area contributed by atoms with Crippen molar-refractivity contribution in [3.05, 3.63) is 47.6 Å². The molecule has 2 aromatic rings. The molecule has 0 fully saturated rings. The van der Waals surface area contributed by atoms with Crippen LogP contribution in [0.1, 0.15) is 0 Å². The molecule has 0 unspecified atom stereocenters. The van der Waals surface area contributed by atoms with Crippen LogP contribution in [-0.4, -0.2) is 22.6 Å². The Labute approximate surface area is 114 Å². The number of nitrogens with one attached hydrogen (secondary N) is 1. The second-order valence-corrected chi connectivity index (χ2v) is 4.08. The first-order valence-corrected chi connectivity index (χ1v) is 5.85. The Morgan fingerprint density at radius 1 is 1.26 bits per heavy atom. The molecule has 19 heavy (non-hydrogen) atoms. The Balaban J connectivity index is 2.02. The van der Waals surface area contributed by atoms with Gasteiger partial charge in [-0.15, -0.1) is 0 Å². The third kappa shape index (κ3) is 3.94. The summed E-state index contributed by atoms with van der Waals surface area (Å²) in [6.07, 6.45) is 1.44. The predicted octanol–water partition coefficient (Wildman–Crippen LogP) is 2.46. The molecule has 5 nitrogen and oxygen atoms in total. The fourth-order valence-corrected chi connectivity index (χ4v) is 1.46. The minimum absolute atomic E-state index is 0.393. The van der Waals surface area contributed by atoms with Crippen LogP contribution in [0.25, 0.3) is 0 Å². The van der Waals surface area contributed by atoms with Crippen LogP contribution in [0.2, 0.25) is 5.02 Å². The van der Waals surface area contributed by atoms with Crippen molar-refractivity contribution in [3.8, 4) is 11.6 Å². The summed E-state index contributed by atoms with van der Waals surface area (Å²) in [6, 6.07) is 10.1. The minimum atomic E-state index is -0.566. The number of hydrogen-bond acceptors (Lipinski definition) is 4. The number of hydrogen-bond donors (Lipinski definition) is 2. The van der Waals surface area contributed by atoms with Gasteiger partial charge >= 0.3 is 0 Å². The molecule has 0 spiro atoms. The fourth-order valence-electron chi connectivity index (χ4n) is 1.34. The molecule has 0 bridgehead atoms. The van der Waals surface area contributed by atoms with E-state index >= 15 is 0 Å². The molecule has 1 aromatic carbocycles. The molecule has 0 saturated carbocycles. The standard InChI is InChI=1S/C13H11ClN2O3/c14-9-1-4-11(5-2-9)19-13-6-3-10(7-15-13)16-12(18)8-17/h1-7,17H,8H2,(H,16,18). The van der Waals surface area contributed by atoms with Crippen molar-refractivity contribution in [1.29, 1.82) is 0 Å². The number of halogens is 1. The van der Waals surface area contributed by atoms with E-state index < -0.39 is 12.5 Å². The largest absolute Gasteiger partial charge is 0.439 e. The van der Waals surface area contributed by atoms with Gasteiger partial charge in [0.25, 0.3) is 0 Å². The summed E-state index contributed by atoms with van der Waals surface area (Å²) in [5, 5.41) is 11.7. The van der Waals surface area contributed by atoms with E-state index in [1.54, 1.807) is 36.4 Å². The zero-order chi connectivity index (χ0) is 13.7. The maximum Gasteiger partial charge on any atom is 0.250 e. The smallest absolute Gasteiger partial charge is 0.250 e. The van der Waals surface area contributed by atoms with Crippen molar-refractivity contribution < 1.29 is 14.6 Å². The number of carbonyl (C=O) groups excluding carboxylic acids is 1. The van der Waals surface area contributed by atoms with Crippen molar-refractivity contribution in [3.63, 3.8) is 0 Å². The number of aliphatic hydroxyl groups is 1. The van der Waals surface area contributed by atoms with Crippen LogP contribution in [0, 0.1) is 0 Å². The summed E-state index contributed by atoms with van der Waals surface area (Å²) in [4.78, 5) is 15.0. The summed E-state index contributed by atoms with van der Waals surface area (Å²) in [5.41, 5.74) is 0.488. The quantitative estimate of drug-likeness (QED) is 0.901. The van der Waals surface area contributed by atoms with Crippen LogP contribution in [-0.2, 0) is 4.79 Å². The van der Waals surface area contributed by atoms with Gasteiger partial charge in [-0.1, -0.05) is 11.6 Å². The Hall–Kier alpha value is -2.11. The lowest BCUT2D eigenvalue weighted by Crippen LogP contribution is -2.15. The van der Waals surface area contributed by atoms with E-state index in [0.29, 0.717) is 22.3 Å². The highest BCUT2D eigenvalue weighted by Crippen LogP contribution is 2.22. The molecular weight excluding hydrogens is 268 g/mol. The molecule has 0 aliphatic rings. The second-order valence-electron chi connectivity index (χ2n) is 3.65. The Bertz CT molecular complexity index is 555. The lowest BCUT2D eigenvalue weighted by molar-refractivity contribution is -0.118. The van der Waals surface area contributed by atoms with Gasteiger partial charge < -0.3 is 15.2 Å². The molecule has 0 aliphatic heterocycles. The lowest BCUT2D eigenvalue weighted by atomic mass is 10.3. The maximum absolute atomic E-state index is 11.0. The van der Waals surface area contributed by atoms with E-state index in [0.717, 1.165) is 0 Å². The van der Waals surface area contributed by atoms with Crippen LogP contribution < -0.4 is 10.1 Å². The number of aliphatic hydroxyl groups excluding tert-OH is 1. The van der Waals surface area contributed by atoms with E-state index in [2.05, 4.69) is 10.3 Å². The highest BCUT2D eigenvalue weighted by Gasteiger charge is 2.02. The number of carbonyl (C=O) groups is 1. The van der Waals surface area contributed by atoms with Crippen LogP contribution in [0.4, 0.5) is 5.69 Å². The van der Waals surface area contributed by atoms with Crippen molar-refractivity contribution in [1.82, 2.24) is 4.98 Å². The lowest BCUT2D eigenvalue weighted by Gasteiger charge is -2.06. The van der Waals surface area contributed by atoms with Crippen LogP contribution in [0.15, 0.2) is 42.6 Å². The SMILES string of the molecule is O=C(CO)Nc1ccc(Oc2ccc(Cl)cc2)nc1.